The molecule has 0 radical (unpaired) electrons. The van der Waals surface area contributed by atoms with Crippen molar-refractivity contribution in [2.75, 3.05) is 0 Å². The lowest BCUT2D eigenvalue weighted by molar-refractivity contribution is 0.451. The summed E-state index contributed by atoms with van der Waals surface area (Å²) in [4.78, 5) is 0. The Labute approximate surface area is 291 Å². The van der Waals surface area contributed by atoms with Crippen molar-refractivity contribution in [1.29, 1.82) is 0 Å². The van der Waals surface area contributed by atoms with Crippen LogP contribution in [0.3, 0.4) is 0 Å². The van der Waals surface area contributed by atoms with E-state index in [1.807, 2.05) is 12.1 Å². The number of hydrogen-bond acceptors (Lipinski definition) is 2. The maximum atomic E-state index is 6.62. The minimum absolute atomic E-state index is 0.763. The van der Waals surface area contributed by atoms with Gasteiger partial charge in [-0.25, -0.2) is 0 Å². The number of benzene rings is 7. The Kier molecular flexibility index (Phi) is 7.25. The number of fused-ring (bicyclic) bond motifs is 8. The van der Waals surface area contributed by atoms with E-state index in [-0.39, 0.29) is 0 Å². The summed E-state index contributed by atoms with van der Waals surface area (Å²) in [5.41, 5.74) is 10.5. The predicted octanol–water partition coefficient (Wildman–Crippen LogP) is 13.5. The first-order valence-electron chi connectivity index (χ1n) is 17.3. The zero-order valence-corrected chi connectivity index (χ0v) is 28.5. The van der Waals surface area contributed by atoms with Crippen LogP contribution in [-0.2, 0) is 6.42 Å². The third-order valence-electron chi connectivity index (χ3n) is 10.2. The molecular weight excluding hydrogens is 609 g/mol. The molecule has 9 rings (SSSR count). The molecule has 0 saturated carbocycles. The Hall–Kier alpha value is -6.12. The van der Waals surface area contributed by atoms with Crippen molar-refractivity contribution in [3.05, 3.63) is 180 Å². The van der Waals surface area contributed by atoms with Crippen LogP contribution in [-0.4, -0.2) is 0 Å². The van der Waals surface area contributed by atoms with Gasteiger partial charge in [-0.2, -0.15) is 0 Å². The average molecular weight is 645 g/mol. The van der Waals surface area contributed by atoms with Crippen molar-refractivity contribution >= 4 is 71.0 Å². The molecule has 0 saturated heterocycles. The van der Waals surface area contributed by atoms with Gasteiger partial charge >= 0.3 is 0 Å². The lowest BCUT2D eigenvalue weighted by Gasteiger charge is -2.18. The highest BCUT2D eigenvalue weighted by atomic mass is 16.5. The number of hydrogen-bond donors (Lipinski definition) is 0. The molecule has 50 heavy (non-hydrogen) atoms. The van der Waals surface area contributed by atoms with Crippen LogP contribution in [0, 0.1) is 0 Å². The van der Waals surface area contributed by atoms with Crippen LogP contribution in [0.5, 0.6) is 5.75 Å². The number of furan rings is 1. The van der Waals surface area contributed by atoms with Gasteiger partial charge in [0.2, 0.25) is 0 Å². The molecule has 1 aliphatic heterocycles. The summed E-state index contributed by atoms with van der Waals surface area (Å²) in [6, 6.07) is 45.2. The van der Waals surface area contributed by atoms with E-state index >= 15 is 0 Å². The molecule has 7 aromatic carbocycles. The summed E-state index contributed by atoms with van der Waals surface area (Å²) in [6.45, 7) is 6.63. The fraction of sp³-hybridized carbons (Fsp3) is 0.0833. The Morgan fingerprint density at radius 1 is 0.500 bits per heavy atom. The molecule has 1 aliphatic rings. The highest BCUT2D eigenvalue weighted by molar-refractivity contribution is 6.16. The van der Waals surface area contributed by atoms with Crippen LogP contribution in [0.4, 0.5) is 0 Å². The predicted molar refractivity (Wildman–Crippen MR) is 212 cm³/mol. The van der Waals surface area contributed by atoms with E-state index in [0.717, 1.165) is 50.6 Å². The molecule has 0 bridgehead atoms. The Balaban J connectivity index is 1.11. The molecular formula is C48H36O2. The average Bonchev–Trinajstić information content (AvgIpc) is 3.75. The van der Waals surface area contributed by atoms with E-state index in [1.54, 1.807) is 0 Å². The van der Waals surface area contributed by atoms with Crippen LogP contribution in [0.15, 0.2) is 162 Å². The molecule has 0 atom stereocenters. The van der Waals surface area contributed by atoms with Crippen molar-refractivity contribution in [3.63, 3.8) is 0 Å². The molecule has 2 nitrogen and oxygen atoms in total. The fourth-order valence-electron chi connectivity index (χ4n) is 7.68. The topological polar surface area (TPSA) is 22.4 Å². The standard InChI is InChI=1S/C48H36O2/c1-30(33-13-5-4-6-14-33)21-22-31(2)46-38-16-7-9-18-40(38)47(41-19-10-8-17-39(41)46)32(3)23-26-36-27-35-25-24-34-28-45-43(29-42(34)48(35)49-36)37-15-11-12-20-44(37)50-45/h4-26,28-29H,27H2,1-3H3/b30-21+,31-22+,32-23+,36-26+. The lowest BCUT2D eigenvalue weighted by Crippen LogP contribution is -1.94. The van der Waals surface area contributed by atoms with Gasteiger partial charge in [0.15, 0.2) is 0 Å². The first kappa shape index (κ1) is 30.0. The number of rotatable bonds is 5. The maximum Gasteiger partial charge on any atom is 0.138 e. The third-order valence-corrected chi connectivity index (χ3v) is 10.2. The van der Waals surface area contributed by atoms with E-state index in [1.165, 1.54) is 60.5 Å². The SMILES string of the molecule is C/C(=C\C=C(/C)c1c2ccccc2c(/C(C)=C/C=C2\Cc3ccc4cc5oc6ccccc6c5cc4c3O2)c2ccccc12)c1ccccc1. The van der Waals surface area contributed by atoms with Crippen LogP contribution in [0.25, 0.3) is 71.0 Å². The smallest absolute Gasteiger partial charge is 0.138 e. The highest BCUT2D eigenvalue weighted by Crippen LogP contribution is 2.43. The molecule has 0 N–H and O–H groups in total. The number of ether oxygens (including phenoxy) is 1. The van der Waals surface area contributed by atoms with Gasteiger partial charge in [0.1, 0.15) is 22.7 Å². The largest absolute Gasteiger partial charge is 0.460 e. The zero-order valence-electron chi connectivity index (χ0n) is 28.5. The Bertz CT molecular complexity index is 2710. The minimum Gasteiger partial charge on any atom is -0.460 e. The normalized spacial score (nSPS) is 14.8. The Morgan fingerprint density at radius 3 is 1.76 bits per heavy atom. The summed E-state index contributed by atoms with van der Waals surface area (Å²) in [5, 5.41) is 9.51. The molecule has 8 aromatic rings. The van der Waals surface area contributed by atoms with Gasteiger partial charge in [0.25, 0.3) is 0 Å². The number of allylic oxidation sites excluding steroid dienone is 8. The molecule has 2 heteroatoms. The van der Waals surface area contributed by atoms with Crippen LogP contribution >= 0.6 is 0 Å². The zero-order chi connectivity index (χ0) is 33.8. The van der Waals surface area contributed by atoms with Gasteiger partial charge in [-0.15, -0.1) is 0 Å². The molecule has 0 spiro atoms. The molecule has 2 heterocycles. The van der Waals surface area contributed by atoms with Gasteiger partial charge in [0, 0.05) is 28.1 Å². The van der Waals surface area contributed by atoms with Crippen LogP contribution in [0.1, 0.15) is 43.0 Å². The first-order chi connectivity index (χ1) is 24.5. The van der Waals surface area contributed by atoms with Crippen molar-refractivity contribution in [1.82, 2.24) is 0 Å². The first-order valence-corrected chi connectivity index (χ1v) is 17.3. The minimum atomic E-state index is 0.763. The van der Waals surface area contributed by atoms with Crippen molar-refractivity contribution in [2.45, 2.75) is 27.2 Å². The second-order valence-corrected chi connectivity index (χ2v) is 13.4. The summed E-state index contributed by atoms with van der Waals surface area (Å²) in [5.74, 6) is 1.90. The summed E-state index contributed by atoms with van der Waals surface area (Å²) in [7, 11) is 0. The van der Waals surface area contributed by atoms with E-state index in [4.69, 9.17) is 9.15 Å². The van der Waals surface area contributed by atoms with Crippen molar-refractivity contribution in [2.24, 2.45) is 0 Å². The second kappa shape index (κ2) is 12.1. The van der Waals surface area contributed by atoms with E-state index < -0.39 is 0 Å². The van der Waals surface area contributed by atoms with Gasteiger partial charge in [-0.05, 0) is 105 Å². The highest BCUT2D eigenvalue weighted by Gasteiger charge is 2.21. The van der Waals surface area contributed by atoms with Gasteiger partial charge in [-0.3, -0.25) is 0 Å². The van der Waals surface area contributed by atoms with Crippen LogP contribution in [0.2, 0.25) is 0 Å². The van der Waals surface area contributed by atoms with Crippen LogP contribution < -0.4 is 4.74 Å². The second-order valence-electron chi connectivity index (χ2n) is 13.4. The quantitative estimate of drug-likeness (QED) is 0.137. The molecule has 240 valence electrons. The molecule has 0 unspecified atom stereocenters. The molecule has 0 amide bonds. The maximum absolute atomic E-state index is 6.62. The van der Waals surface area contributed by atoms with Crippen molar-refractivity contribution < 1.29 is 9.15 Å². The monoisotopic (exact) mass is 644 g/mol. The molecule has 0 fully saturated rings. The van der Waals surface area contributed by atoms with Gasteiger partial charge < -0.3 is 9.15 Å². The van der Waals surface area contributed by atoms with Gasteiger partial charge in [0.05, 0.1) is 0 Å². The Morgan fingerprint density at radius 2 is 1.08 bits per heavy atom. The lowest BCUT2D eigenvalue weighted by atomic mass is 9.86. The fourth-order valence-corrected chi connectivity index (χ4v) is 7.68. The summed E-state index contributed by atoms with van der Waals surface area (Å²) >= 11 is 0. The third kappa shape index (κ3) is 5.04. The molecule has 1 aromatic heterocycles. The van der Waals surface area contributed by atoms with E-state index in [2.05, 4.69) is 160 Å². The van der Waals surface area contributed by atoms with E-state index in [9.17, 15) is 0 Å². The van der Waals surface area contributed by atoms with Gasteiger partial charge in [-0.1, -0.05) is 127 Å². The summed E-state index contributed by atoms with van der Waals surface area (Å²) < 4.78 is 12.8. The number of para-hydroxylation sites is 1. The van der Waals surface area contributed by atoms with Crippen molar-refractivity contribution in [3.8, 4) is 5.75 Å². The van der Waals surface area contributed by atoms with E-state index in [0.29, 0.717) is 0 Å². The molecule has 0 aliphatic carbocycles. The summed E-state index contributed by atoms with van der Waals surface area (Å²) in [6.07, 6.45) is 9.66.